The first-order valence-electron chi connectivity index (χ1n) is 7.30. The summed E-state index contributed by atoms with van der Waals surface area (Å²) >= 11 is 0. The number of nitrogens with one attached hydrogen (secondary N) is 1. The van der Waals surface area contributed by atoms with Crippen LogP contribution < -0.4 is 5.32 Å². The average Bonchev–Trinajstić information content (AvgIpc) is 2.56. The number of aliphatic hydroxyl groups is 1. The number of amides is 1. The predicted molar refractivity (Wildman–Crippen MR) is 81.9 cm³/mol. The molecule has 0 aliphatic heterocycles. The van der Waals surface area contributed by atoms with Gasteiger partial charge in [-0.25, -0.2) is 8.78 Å². The second-order valence-corrected chi connectivity index (χ2v) is 5.27. The summed E-state index contributed by atoms with van der Waals surface area (Å²) in [6, 6.07) is 4.08. The molecule has 2 atom stereocenters. The number of carbonyl (C=O) groups excluding carboxylic acids is 1. The van der Waals surface area contributed by atoms with E-state index in [0.29, 0.717) is 12.0 Å². The van der Waals surface area contributed by atoms with Gasteiger partial charge in [0.2, 0.25) is 0 Å². The molecule has 2 aromatic rings. The number of rotatable bonds is 5. The highest BCUT2D eigenvalue weighted by Gasteiger charge is 2.21. The first-order valence-corrected chi connectivity index (χ1v) is 7.30. The van der Waals surface area contributed by atoms with E-state index in [0.717, 1.165) is 17.7 Å². The monoisotopic (exact) mass is 320 g/mol. The number of carbonyl (C=O) groups is 1. The van der Waals surface area contributed by atoms with Crippen LogP contribution in [0.15, 0.2) is 36.7 Å². The fourth-order valence-electron chi connectivity index (χ4n) is 2.28. The zero-order chi connectivity index (χ0) is 17.0. The molecule has 0 bridgehead atoms. The molecule has 2 N–H and O–H groups in total. The molecule has 6 heteroatoms. The molecule has 0 radical (unpaired) electrons. The lowest BCUT2D eigenvalue weighted by Crippen LogP contribution is -2.37. The Hall–Kier alpha value is -2.34. The maximum atomic E-state index is 13.2. The van der Waals surface area contributed by atoms with E-state index in [1.165, 1.54) is 12.3 Å². The molecule has 1 aromatic carbocycles. The third kappa shape index (κ3) is 3.90. The largest absolute Gasteiger partial charge is 0.386 e. The number of aliphatic hydroxyl groups excluding tert-OH is 1. The Morgan fingerprint density at radius 1 is 1.30 bits per heavy atom. The summed E-state index contributed by atoms with van der Waals surface area (Å²) in [5, 5.41) is 12.9. The lowest BCUT2D eigenvalue weighted by atomic mass is 10.0. The van der Waals surface area contributed by atoms with Crippen molar-refractivity contribution in [3.63, 3.8) is 0 Å². The smallest absolute Gasteiger partial charge is 0.251 e. The van der Waals surface area contributed by atoms with E-state index in [9.17, 15) is 18.7 Å². The van der Waals surface area contributed by atoms with Gasteiger partial charge in [0.1, 0.15) is 0 Å². The van der Waals surface area contributed by atoms with Crippen LogP contribution in [0.25, 0.3) is 0 Å². The van der Waals surface area contributed by atoms with Crippen LogP contribution in [-0.2, 0) is 6.42 Å². The van der Waals surface area contributed by atoms with Crippen LogP contribution in [0, 0.1) is 11.6 Å². The van der Waals surface area contributed by atoms with Gasteiger partial charge in [0, 0.05) is 18.0 Å². The van der Waals surface area contributed by atoms with Crippen molar-refractivity contribution >= 4 is 5.91 Å². The molecule has 0 spiro atoms. The van der Waals surface area contributed by atoms with Gasteiger partial charge in [-0.05, 0) is 42.7 Å². The van der Waals surface area contributed by atoms with Crippen molar-refractivity contribution in [1.82, 2.24) is 10.3 Å². The molecule has 4 nitrogen and oxygen atoms in total. The van der Waals surface area contributed by atoms with Gasteiger partial charge in [-0.3, -0.25) is 9.78 Å². The van der Waals surface area contributed by atoms with Crippen molar-refractivity contribution < 1.29 is 18.7 Å². The zero-order valence-corrected chi connectivity index (χ0v) is 12.9. The molecule has 0 unspecified atom stereocenters. The predicted octanol–water partition coefficient (Wildman–Crippen LogP) is 2.77. The van der Waals surface area contributed by atoms with Gasteiger partial charge in [-0.2, -0.15) is 0 Å². The Labute approximate surface area is 133 Å². The molecule has 0 aliphatic carbocycles. The van der Waals surface area contributed by atoms with Crippen LogP contribution in [-0.4, -0.2) is 22.0 Å². The fraction of sp³-hybridized carbons (Fsp3) is 0.294. The topological polar surface area (TPSA) is 62.2 Å². The molecule has 1 amide bonds. The van der Waals surface area contributed by atoms with Crippen molar-refractivity contribution in [3.05, 3.63) is 65.0 Å². The Morgan fingerprint density at radius 3 is 2.70 bits per heavy atom. The second kappa shape index (κ2) is 7.28. The average molecular weight is 320 g/mol. The highest BCUT2D eigenvalue weighted by Crippen LogP contribution is 2.20. The molecule has 122 valence electrons. The van der Waals surface area contributed by atoms with Crippen LogP contribution >= 0.6 is 0 Å². The molecule has 23 heavy (non-hydrogen) atoms. The fourth-order valence-corrected chi connectivity index (χ4v) is 2.28. The van der Waals surface area contributed by atoms with Gasteiger partial charge >= 0.3 is 0 Å². The van der Waals surface area contributed by atoms with E-state index in [-0.39, 0.29) is 11.5 Å². The van der Waals surface area contributed by atoms with E-state index >= 15 is 0 Å². The Bertz CT molecular complexity index is 707. The molecular formula is C17H18F2N2O2. The number of aromatic nitrogens is 1. The molecule has 0 aliphatic rings. The minimum absolute atomic E-state index is 0.196. The van der Waals surface area contributed by atoms with E-state index in [1.807, 2.05) is 6.92 Å². The van der Waals surface area contributed by atoms with E-state index in [4.69, 9.17) is 0 Å². The highest BCUT2D eigenvalue weighted by atomic mass is 19.2. The maximum absolute atomic E-state index is 13.2. The molecule has 1 aromatic heterocycles. The summed E-state index contributed by atoms with van der Waals surface area (Å²) in [6.07, 6.45) is 2.63. The number of halogens is 2. The van der Waals surface area contributed by atoms with Gasteiger partial charge in [-0.15, -0.1) is 0 Å². The van der Waals surface area contributed by atoms with Crippen molar-refractivity contribution in [2.24, 2.45) is 0 Å². The van der Waals surface area contributed by atoms with Crippen LogP contribution in [0.4, 0.5) is 8.78 Å². The summed E-state index contributed by atoms with van der Waals surface area (Å²) in [7, 11) is 0. The number of benzene rings is 1. The maximum Gasteiger partial charge on any atom is 0.251 e. The normalized spacial score (nSPS) is 13.4. The Kier molecular flexibility index (Phi) is 5.39. The summed E-state index contributed by atoms with van der Waals surface area (Å²) < 4.78 is 26.2. The molecular weight excluding hydrogens is 302 g/mol. The first-order chi connectivity index (χ1) is 10.9. The van der Waals surface area contributed by atoms with Crippen molar-refractivity contribution in [2.45, 2.75) is 32.4 Å². The van der Waals surface area contributed by atoms with E-state index in [2.05, 4.69) is 10.3 Å². The van der Waals surface area contributed by atoms with Crippen LogP contribution in [0.5, 0.6) is 0 Å². The van der Waals surface area contributed by atoms with E-state index < -0.39 is 23.8 Å². The lowest BCUT2D eigenvalue weighted by Gasteiger charge is -2.21. The second-order valence-electron chi connectivity index (χ2n) is 5.27. The van der Waals surface area contributed by atoms with Crippen LogP contribution in [0.1, 0.15) is 41.4 Å². The van der Waals surface area contributed by atoms with Gasteiger partial charge in [0.05, 0.1) is 12.1 Å². The summed E-state index contributed by atoms with van der Waals surface area (Å²) in [5.41, 5.74) is 1.47. The first kappa shape index (κ1) is 17.0. The summed E-state index contributed by atoms with van der Waals surface area (Å²) in [4.78, 5) is 16.3. The summed E-state index contributed by atoms with van der Waals surface area (Å²) in [5.74, 6) is -2.37. The minimum Gasteiger partial charge on any atom is -0.386 e. The van der Waals surface area contributed by atoms with Crippen LogP contribution in [0.2, 0.25) is 0 Å². The van der Waals surface area contributed by atoms with Crippen molar-refractivity contribution in [2.75, 3.05) is 0 Å². The Balaban J connectivity index is 2.12. The van der Waals surface area contributed by atoms with Gasteiger partial charge < -0.3 is 10.4 Å². The minimum atomic E-state index is -1.15. The third-order valence-electron chi connectivity index (χ3n) is 3.65. The summed E-state index contributed by atoms with van der Waals surface area (Å²) in [6.45, 7) is 3.50. The SMILES string of the molecule is CCc1cnccc1C(=O)N[C@@H](C)[C@H](O)c1ccc(F)c(F)c1. The number of hydrogen-bond donors (Lipinski definition) is 2. The van der Waals surface area contributed by atoms with Crippen molar-refractivity contribution in [1.29, 1.82) is 0 Å². The number of aryl methyl sites for hydroxylation is 1. The van der Waals surface area contributed by atoms with Gasteiger partial charge in [-0.1, -0.05) is 13.0 Å². The van der Waals surface area contributed by atoms with Crippen molar-refractivity contribution in [3.8, 4) is 0 Å². The highest BCUT2D eigenvalue weighted by molar-refractivity contribution is 5.95. The number of pyridine rings is 1. The molecule has 0 saturated carbocycles. The molecule has 2 rings (SSSR count). The molecule has 0 fully saturated rings. The zero-order valence-electron chi connectivity index (χ0n) is 12.9. The van der Waals surface area contributed by atoms with Gasteiger partial charge in [0.25, 0.3) is 5.91 Å². The molecule has 1 heterocycles. The standard InChI is InChI=1S/C17H18F2N2O2/c1-3-11-9-20-7-6-13(11)17(23)21-10(2)16(22)12-4-5-14(18)15(19)8-12/h4-10,16,22H,3H2,1-2H3,(H,21,23)/t10-,16-/m0/s1. The van der Waals surface area contributed by atoms with E-state index in [1.54, 1.807) is 19.2 Å². The quantitative estimate of drug-likeness (QED) is 0.890. The lowest BCUT2D eigenvalue weighted by molar-refractivity contribution is 0.0850. The number of hydrogen-bond acceptors (Lipinski definition) is 3. The third-order valence-corrected chi connectivity index (χ3v) is 3.65. The molecule has 0 saturated heterocycles. The van der Waals surface area contributed by atoms with Crippen LogP contribution in [0.3, 0.4) is 0 Å². The van der Waals surface area contributed by atoms with Gasteiger partial charge in [0.15, 0.2) is 11.6 Å². The number of nitrogens with zero attached hydrogens (tertiary/aromatic N) is 1. The Morgan fingerprint density at radius 2 is 2.04 bits per heavy atom.